The maximum atomic E-state index is 10.5. The molecule has 0 aromatic carbocycles. The van der Waals surface area contributed by atoms with Crippen molar-refractivity contribution in [1.29, 1.82) is 0 Å². The van der Waals surface area contributed by atoms with E-state index in [0.29, 0.717) is 5.92 Å². The van der Waals surface area contributed by atoms with Crippen LogP contribution in [0.1, 0.15) is 59.3 Å². The van der Waals surface area contributed by atoms with E-state index in [1.165, 1.54) is 25.8 Å². The zero-order valence-corrected chi connectivity index (χ0v) is 11.3. The molecule has 2 heteroatoms. The second-order valence-electron chi connectivity index (χ2n) is 5.66. The summed E-state index contributed by atoms with van der Waals surface area (Å²) in [6, 6.07) is 0. The van der Waals surface area contributed by atoms with Gasteiger partial charge in [-0.15, -0.1) is 0 Å². The van der Waals surface area contributed by atoms with Gasteiger partial charge in [0.05, 0.1) is 5.60 Å². The predicted octanol–water partition coefficient (Wildman–Crippen LogP) is 3.05. The Bertz CT molecular complexity index is 185. The third-order valence-corrected chi connectivity index (χ3v) is 3.84. The maximum absolute atomic E-state index is 10.5. The maximum Gasteiger partial charge on any atom is 0.0674 e. The van der Waals surface area contributed by atoms with Gasteiger partial charge in [-0.05, 0) is 38.1 Å². The smallest absolute Gasteiger partial charge is 0.0674 e. The predicted molar refractivity (Wildman–Crippen MR) is 69.6 cm³/mol. The van der Waals surface area contributed by atoms with Crippen LogP contribution in [0.2, 0.25) is 0 Å². The highest BCUT2D eigenvalue weighted by molar-refractivity contribution is 4.86. The average Bonchev–Trinajstić information content (AvgIpc) is 2.22. The first kappa shape index (κ1) is 14.0. The summed E-state index contributed by atoms with van der Waals surface area (Å²) in [5, 5.41) is 10.5. The highest BCUT2D eigenvalue weighted by atomic mass is 16.3. The fourth-order valence-corrected chi connectivity index (χ4v) is 2.96. The highest BCUT2D eigenvalue weighted by Gasteiger charge is 2.32. The Morgan fingerprint density at radius 2 is 1.81 bits per heavy atom. The summed E-state index contributed by atoms with van der Waals surface area (Å²) >= 11 is 0. The molecule has 0 bridgehead atoms. The number of likely N-dealkylation sites (tertiary alicyclic amines) is 1. The van der Waals surface area contributed by atoms with Crippen LogP contribution in [0.25, 0.3) is 0 Å². The summed E-state index contributed by atoms with van der Waals surface area (Å²) in [6.07, 6.45) is 6.66. The van der Waals surface area contributed by atoms with Crippen molar-refractivity contribution >= 4 is 0 Å². The number of aliphatic hydroxyl groups is 1. The van der Waals surface area contributed by atoms with Crippen molar-refractivity contribution in [1.82, 2.24) is 4.90 Å². The Morgan fingerprint density at radius 3 is 2.31 bits per heavy atom. The Kier molecular flexibility index (Phi) is 5.77. The molecule has 1 saturated heterocycles. The Hall–Kier alpha value is -0.0800. The van der Waals surface area contributed by atoms with Gasteiger partial charge in [0.1, 0.15) is 0 Å². The fourth-order valence-electron chi connectivity index (χ4n) is 2.96. The monoisotopic (exact) mass is 227 g/mol. The number of rotatable bonds is 6. The van der Waals surface area contributed by atoms with E-state index in [2.05, 4.69) is 25.7 Å². The number of hydrogen-bond donors (Lipinski definition) is 1. The van der Waals surface area contributed by atoms with Gasteiger partial charge in [0.15, 0.2) is 0 Å². The van der Waals surface area contributed by atoms with Crippen molar-refractivity contribution in [3.8, 4) is 0 Å². The minimum atomic E-state index is -0.362. The van der Waals surface area contributed by atoms with E-state index in [9.17, 15) is 5.11 Å². The number of hydrogen-bond acceptors (Lipinski definition) is 2. The summed E-state index contributed by atoms with van der Waals surface area (Å²) in [6.45, 7) is 10.1. The molecule has 1 heterocycles. The van der Waals surface area contributed by atoms with Crippen LogP contribution in [0.3, 0.4) is 0 Å². The largest absolute Gasteiger partial charge is 0.390 e. The summed E-state index contributed by atoms with van der Waals surface area (Å²) in [5.74, 6) is 0.674. The minimum Gasteiger partial charge on any atom is -0.390 e. The lowest BCUT2D eigenvalue weighted by Crippen LogP contribution is -2.45. The SMILES string of the molecule is CCCC(C)CC1(O)CCN(CCC)CC1. The van der Waals surface area contributed by atoms with Gasteiger partial charge in [-0.1, -0.05) is 33.6 Å². The van der Waals surface area contributed by atoms with Crippen LogP contribution in [0.5, 0.6) is 0 Å². The third kappa shape index (κ3) is 4.42. The van der Waals surface area contributed by atoms with Gasteiger partial charge >= 0.3 is 0 Å². The number of piperidine rings is 1. The molecule has 0 amide bonds. The minimum absolute atomic E-state index is 0.362. The van der Waals surface area contributed by atoms with Crippen LogP contribution >= 0.6 is 0 Å². The lowest BCUT2D eigenvalue weighted by atomic mass is 9.82. The molecule has 16 heavy (non-hydrogen) atoms. The van der Waals surface area contributed by atoms with Crippen molar-refractivity contribution in [2.75, 3.05) is 19.6 Å². The van der Waals surface area contributed by atoms with Gasteiger partial charge in [-0.2, -0.15) is 0 Å². The molecule has 0 aromatic heterocycles. The molecule has 1 N–H and O–H groups in total. The zero-order chi connectivity index (χ0) is 12.0. The first-order chi connectivity index (χ1) is 7.59. The van der Waals surface area contributed by atoms with Gasteiger partial charge in [0.2, 0.25) is 0 Å². The molecule has 1 aliphatic rings. The van der Waals surface area contributed by atoms with Gasteiger partial charge in [-0.25, -0.2) is 0 Å². The molecule has 1 atom stereocenters. The van der Waals surface area contributed by atoms with E-state index in [0.717, 1.165) is 32.4 Å². The van der Waals surface area contributed by atoms with E-state index in [1.54, 1.807) is 0 Å². The Balaban J connectivity index is 2.31. The summed E-state index contributed by atoms with van der Waals surface area (Å²) in [7, 11) is 0. The molecular weight excluding hydrogens is 198 g/mol. The molecule has 2 nitrogen and oxygen atoms in total. The van der Waals surface area contributed by atoms with Crippen molar-refractivity contribution in [2.24, 2.45) is 5.92 Å². The molecule has 0 aromatic rings. The molecule has 0 radical (unpaired) electrons. The second kappa shape index (κ2) is 6.61. The molecule has 0 saturated carbocycles. The van der Waals surface area contributed by atoms with Gasteiger partial charge < -0.3 is 10.0 Å². The first-order valence-electron chi connectivity index (χ1n) is 7.04. The first-order valence-corrected chi connectivity index (χ1v) is 7.04. The van der Waals surface area contributed by atoms with Crippen LogP contribution in [-0.2, 0) is 0 Å². The van der Waals surface area contributed by atoms with Gasteiger partial charge in [0, 0.05) is 13.1 Å². The van der Waals surface area contributed by atoms with Crippen molar-refractivity contribution in [3.63, 3.8) is 0 Å². The summed E-state index contributed by atoms with van der Waals surface area (Å²) in [4.78, 5) is 2.49. The lowest BCUT2D eigenvalue weighted by molar-refractivity contribution is -0.0381. The molecule has 1 rings (SSSR count). The Labute approximate surface area is 101 Å². The van der Waals surface area contributed by atoms with Crippen LogP contribution in [0.4, 0.5) is 0 Å². The van der Waals surface area contributed by atoms with Gasteiger partial charge in [0.25, 0.3) is 0 Å². The van der Waals surface area contributed by atoms with Crippen molar-refractivity contribution < 1.29 is 5.11 Å². The zero-order valence-electron chi connectivity index (χ0n) is 11.3. The van der Waals surface area contributed by atoms with E-state index >= 15 is 0 Å². The Morgan fingerprint density at radius 1 is 1.19 bits per heavy atom. The summed E-state index contributed by atoms with van der Waals surface area (Å²) < 4.78 is 0. The van der Waals surface area contributed by atoms with E-state index in [-0.39, 0.29) is 5.60 Å². The molecule has 1 fully saturated rings. The van der Waals surface area contributed by atoms with Crippen LogP contribution < -0.4 is 0 Å². The van der Waals surface area contributed by atoms with Crippen molar-refractivity contribution in [2.45, 2.75) is 64.9 Å². The molecule has 0 aliphatic carbocycles. The van der Waals surface area contributed by atoms with Crippen LogP contribution in [0, 0.1) is 5.92 Å². The average molecular weight is 227 g/mol. The standard InChI is InChI=1S/C14H29NO/c1-4-6-13(3)12-14(16)7-10-15(9-5-2)11-8-14/h13,16H,4-12H2,1-3H3. The molecule has 0 spiro atoms. The van der Waals surface area contributed by atoms with E-state index in [1.807, 2.05) is 0 Å². The van der Waals surface area contributed by atoms with Gasteiger partial charge in [-0.3, -0.25) is 0 Å². The van der Waals surface area contributed by atoms with Crippen LogP contribution in [-0.4, -0.2) is 35.2 Å². The van der Waals surface area contributed by atoms with E-state index < -0.39 is 0 Å². The molecule has 1 aliphatic heterocycles. The van der Waals surface area contributed by atoms with Crippen LogP contribution in [0.15, 0.2) is 0 Å². The topological polar surface area (TPSA) is 23.5 Å². The molecular formula is C14H29NO. The molecule has 1 unspecified atom stereocenters. The number of nitrogens with zero attached hydrogens (tertiary/aromatic N) is 1. The third-order valence-electron chi connectivity index (χ3n) is 3.84. The summed E-state index contributed by atoms with van der Waals surface area (Å²) in [5.41, 5.74) is -0.362. The molecule has 96 valence electrons. The fraction of sp³-hybridized carbons (Fsp3) is 1.00. The highest BCUT2D eigenvalue weighted by Crippen LogP contribution is 2.30. The lowest BCUT2D eigenvalue weighted by Gasteiger charge is -2.39. The van der Waals surface area contributed by atoms with Crippen molar-refractivity contribution in [3.05, 3.63) is 0 Å². The normalized spacial score (nSPS) is 23.2. The second-order valence-corrected chi connectivity index (χ2v) is 5.66. The van der Waals surface area contributed by atoms with E-state index in [4.69, 9.17) is 0 Å². The quantitative estimate of drug-likeness (QED) is 0.754.